The Kier molecular flexibility index (Phi) is 3.72. The van der Waals surface area contributed by atoms with Gasteiger partial charge in [0.25, 0.3) is 5.91 Å². The Morgan fingerprint density at radius 1 is 1.56 bits per heavy atom. The summed E-state index contributed by atoms with van der Waals surface area (Å²) in [5.41, 5.74) is 12.4. The van der Waals surface area contributed by atoms with Crippen molar-refractivity contribution in [2.24, 2.45) is 5.73 Å². The van der Waals surface area contributed by atoms with Gasteiger partial charge in [0.05, 0.1) is 29.4 Å². The molecule has 1 aromatic rings. The van der Waals surface area contributed by atoms with Gasteiger partial charge in [-0.25, -0.2) is 0 Å². The molecule has 0 aliphatic heterocycles. The molecule has 16 heavy (non-hydrogen) atoms. The van der Waals surface area contributed by atoms with E-state index in [1.54, 1.807) is 18.2 Å². The molecule has 5 heteroatoms. The van der Waals surface area contributed by atoms with Gasteiger partial charge in [0.2, 0.25) is 0 Å². The molecule has 0 spiro atoms. The van der Waals surface area contributed by atoms with E-state index in [2.05, 4.69) is 6.07 Å². The summed E-state index contributed by atoms with van der Waals surface area (Å²) in [4.78, 5) is 12.9. The maximum atomic E-state index is 11.1. The van der Waals surface area contributed by atoms with Crippen molar-refractivity contribution in [3.8, 4) is 6.07 Å². The number of benzene rings is 1. The molecule has 0 aliphatic rings. The largest absolute Gasteiger partial charge is 0.396 e. The van der Waals surface area contributed by atoms with Crippen molar-refractivity contribution >= 4 is 17.3 Å². The van der Waals surface area contributed by atoms with Crippen LogP contribution in [-0.4, -0.2) is 19.5 Å². The summed E-state index contributed by atoms with van der Waals surface area (Å²) >= 11 is 0. The van der Waals surface area contributed by atoms with E-state index in [1.807, 2.05) is 11.9 Å². The van der Waals surface area contributed by atoms with Crippen molar-refractivity contribution in [2.45, 2.75) is 6.42 Å². The molecule has 0 radical (unpaired) electrons. The Hall–Kier alpha value is -2.22. The van der Waals surface area contributed by atoms with E-state index in [-0.39, 0.29) is 0 Å². The van der Waals surface area contributed by atoms with Crippen LogP contribution in [0.15, 0.2) is 18.2 Å². The van der Waals surface area contributed by atoms with Crippen LogP contribution in [0.5, 0.6) is 0 Å². The maximum absolute atomic E-state index is 11.1. The van der Waals surface area contributed by atoms with Crippen molar-refractivity contribution in [1.82, 2.24) is 0 Å². The number of nitrogen functional groups attached to an aromatic ring is 1. The van der Waals surface area contributed by atoms with Crippen molar-refractivity contribution in [2.75, 3.05) is 24.2 Å². The highest BCUT2D eigenvalue weighted by molar-refractivity contribution is 6.00. The summed E-state index contributed by atoms with van der Waals surface area (Å²) in [7, 11) is 1.81. The topological polar surface area (TPSA) is 96.1 Å². The van der Waals surface area contributed by atoms with E-state index in [4.69, 9.17) is 16.7 Å². The molecule has 0 fully saturated rings. The van der Waals surface area contributed by atoms with E-state index < -0.39 is 5.91 Å². The molecule has 0 saturated heterocycles. The molecule has 0 heterocycles. The Balaban J connectivity index is 3.01. The summed E-state index contributed by atoms with van der Waals surface area (Å²) in [5, 5.41) is 8.49. The summed E-state index contributed by atoms with van der Waals surface area (Å²) in [6, 6.07) is 7.14. The molecule has 84 valence electrons. The average Bonchev–Trinajstić information content (AvgIpc) is 2.25. The lowest BCUT2D eigenvalue weighted by Crippen LogP contribution is -2.21. The number of nitrogens with two attached hydrogens (primary N) is 2. The number of nitriles is 1. The van der Waals surface area contributed by atoms with Crippen molar-refractivity contribution in [3.63, 3.8) is 0 Å². The number of hydrogen-bond donors (Lipinski definition) is 2. The summed E-state index contributed by atoms with van der Waals surface area (Å²) in [5.74, 6) is -0.548. The van der Waals surface area contributed by atoms with Crippen molar-refractivity contribution < 1.29 is 4.79 Å². The molecule has 0 saturated carbocycles. The number of nitrogens with zero attached hydrogens (tertiary/aromatic N) is 2. The smallest absolute Gasteiger partial charge is 0.250 e. The Labute approximate surface area is 94.2 Å². The van der Waals surface area contributed by atoms with Crippen molar-refractivity contribution in [1.29, 1.82) is 5.26 Å². The van der Waals surface area contributed by atoms with Gasteiger partial charge >= 0.3 is 0 Å². The number of hydrogen-bond acceptors (Lipinski definition) is 4. The minimum atomic E-state index is -0.548. The second kappa shape index (κ2) is 5.03. The molecular weight excluding hydrogens is 204 g/mol. The summed E-state index contributed by atoms with van der Waals surface area (Å²) in [6.07, 6.45) is 0.400. The van der Waals surface area contributed by atoms with Gasteiger partial charge in [0.1, 0.15) is 0 Å². The second-order valence-corrected chi connectivity index (χ2v) is 3.43. The quantitative estimate of drug-likeness (QED) is 0.727. The lowest BCUT2D eigenvalue weighted by atomic mass is 10.1. The van der Waals surface area contributed by atoms with E-state index >= 15 is 0 Å². The van der Waals surface area contributed by atoms with E-state index in [1.165, 1.54) is 0 Å². The first kappa shape index (κ1) is 11.9. The molecule has 0 bridgehead atoms. The van der Waals surface area contributed by atoms with Crippen LogP contribution in [0.4, 0.5) is 11.4 Å². The molecule has 0 atom stereocenters. The summed E-state index contributed by atoms with van der Waals surface area (Å²) in [6.45, 7) is 0.558. The fraction of sp³-hybridized carbons (Fsp3) is 0.273. The lowest BCUT2D eigenvalue weighted by Gasteiger charge is -2.20. The zero-order valence-corrected chi connectivity index (χ0v) is 9.10. The molecule has 0 unspecified atom stereocenters. The number of rotatable bonds is 4. The number of carbonyl (C=O) groups excluding carboxylic acids is 1. The molecule has 5 nitrogen and oxygen atoms in total. The molecule has 1 aromatic carbocycles. The minimum absolute atomic E-state index is 0.307. The van der Waals surface area contributed by atoms with Gasteiger partial charge in [-0.1, -0.05) is 6.07 Å². The first-order valence-corrected chi connectivity index (χ1v) is 4.84. The number of amides is 1. The van der Waals surface area contributed by atoms with Crippen LogP contribution in [-0.2, 0) is 0 Å². The monoisotopic (exact) mass is 218 g/mol. The molecule has 1 amide bonds. The Morgan fingerprint density at radius 2 is 2.25 bits per heavy atom. The van der Waals surface area contributed by atoms with Gasteiger partial charge in [0, 0.05) is 13.6 Å². The van der Waals surface area contributed by atoms with E-state index in [9.17, 15) is 4.79 Å². The molecule has 1 rings (SSSR count). The zero-order valence-electron chi connectivity index (χ0n) is 9.10. The second-order valence-electron chi connectivity index (χ2n) is 3.43. The third-order valence-electron chi connectivity index (χ3n) is 2.32. The highest BCUT2D eigenvalue weighted by Gasteiger charge is 2.11. The number of anilines is 2. The Bertz CT molecular complexity index is 436. The van der Waals surface area contributed by atoms with Gasteiger partial charge in [-0.2, -0.15) is 5.26 Å². The fourth-order valence-corrected chi connectivity index (χ4v) is 1.44. The number of primary amides is 1. The SMILES string of the molecule is CN(CCC#N)c1cccc(C(N)=O)c1N. The van der Waals surface area contributed by atoms with Crippen molar-refractivity contribution in [3.05, 3.63) is 23.8 Å². The highest BCUT2D eigenvalue weighted by atomic mass is 16.1. The van der Waals surface area contributed by atoms with Crippen LogP contribution >= 0.6 is 0 Å². The maximum Gasteiger partial charge on any atom is 0.250 e. The first-order valence-electron chi connectivity index (χ1n) is 4.84. The average molecular weight is 218 g/mol. The van der Waals surface area contributed by atoms with Gasteiger partial charge in [-0.05, 0) is 12.1 Å². The van der Waals surface area contributed by atoms with E-state index in [0.29, 0.717) is 29.9 Å². The third kappa shape index (κ3) is 2.42. The van der Waals surface area contributed by atoms with Crippen LogP contribution in [0.25, 0.3) is 0 Å². The normalized spacial score (nSPS) is 9.50. The third-order valence-corrected chi connectivity index (χ3v) is 2.32. The van der Waals surface area contributed by atoms with Gasteiger partial charge in [0.15, 0.2) is 0 Å². The standard InChI is InChI=1S/C11H14N4O/c1-15(7-3-6-12)9-5-2-4-8(10(9)13)11(14)16/h2,4-5H,3,7,13H2,1H3,(H2,14,16). The van der Waals surface area contributed by atoms with Gasteiger partial charge in [-0.15, -0.1) is 0 Å². The first-order chi connectivity index (χ1) is 7.57. The highest BCUT2D eigenvalue weighted by Crippen LogP contribution is 2.25. The predicted octanol–water partition coefficient (Wildman–Crippen LogP) is 0.718. The van der Waals surface area contributed by atoms with Crippen LogP contribution in [0.2, 0.25) is 0 Å². The van der Waals surface area contributed by atoms with Crippen LogP contribution < -0.4 is 16.4 Å². The fourth-order valence-electron chi connectivity index (χ4n) is 1.44. The number of para-hydroxylation sites is 1. The lowest BCUT2D eigenvalue weighted by molar-refractivity contribution is 0.100. The molecule has 0 aromatic heterocycles. The van der Waals surface area contributed by atoms with Crippen LogP contribution in [0.1, 0.15) is 16.8 Å². The van der Waals surface area contributed by atoms with Gasteiger partial charge in [-0.3, -0.25) is 4.79 Å². The van der Waals surface area contributed by atoms with Gasteiger partial charge < -0.3 is 16.4 Å². The molecule has 4 N–H and O–H groups in total. The molecular formula is C11H14N4O. The molecule has 0 aliphatic carbocycles. The summed E-state index contributed by atoms with van der Waals surface area (Å²) < 4.78 is 0. The Morgan fingerprint density at radius 3 is 2.81 bits per heavy atom. The van der Waals surface area contributed by atoms with E-state index in [0.717, 1.165) is 0 Å². The minimum Gasteiger partial charge on any atom is -0.396 e. The predicted molar refractivity (Wildman–Crippen MR) is 62.9 cm³/mol. The van der Waals surface area contributed by atoms with Crippen LogP contribution in [0.3, 0.4) is 0 Å². The van der Waals surface area contributed by atoms with Crippen LogP contribution in [0, 0.1) is 11.3 Å². The zero-order chi connectivity index (χ0) is 12.1. The number of carbonyl (C=O) groups is 1.